The Morgan fingerprint density at radius 3 is 2.43 bits per heavy atom. The number of likely N-dealkylation sites (tertiary alicyclic amines) is 2. The van der Waals surface area contributed by atoms with E-state index in [2.05, 4.69) is 5.32 Å². The van der Waals surface area contributed by atoms with Crippen molar-refractivity contribution in [3.05, 3.63) is 64.6 Å². The zero-order valence-corrected chi connectivity index (χ0v) is 26.5. The zero-order valence-electron chi connectivity index (χ0n) is 25.8. The number of amides is 1. The maximum absolute atomic E-state index is 15.8. The smallest absolute Gasteiger partial charge is 0.306 e. The summed E-state index contributed by atoms with van der Waals surface area (Å²) in [7, 11) is 0. The van der Waals surface area contributed by atoms with Crippen LogP contribution in [-0.2, 0) is 30.2 Å². The number of para-hydroxylation sites is 1. The molecule has 13 heteroatoms. The predicted molar refractivity (Wildman–Crippen MR) is 168 cm³/mol. The average Bonchev–Trinajstić information content (AvgIpc) is 3.87. The number of hydrogen-bond donors (Lipinski definition) is 2. The van der Waals surface area contributed by atoms with Crippen LogP contribution in [0.2, 0.25) is 5.02 Å². The van der Waals surface area contributed by atoms with Crippen LogP contribution in [0.4, 0.5) is 10.1 Å². The minimum absolute atomic E-state index is 0.0644. The highest BCUT2D eigenvalue weighted by Gasteiger charge is 2.57. The Hall–Kier alpha value is -3.39. The minimum atomic E-state index is -1.53. The van der Waals surface area contributed by atoms with Crippen LogP contribution in [0.15, 0.2) is 47.1 Å². The van der Waals surface area contributed by atoms with E-state index in [4.69, 9.17) is 30.2 Å². The molecule has 1 saturated carbocycles. The molecule has 1 amide bonds. The number of furan rings is 1. The Morgan fingerprint density at radius 1 is 1.02 bits per heavy atom. The summed E-state index contributed by atoms with van der Waals surface area (Å²) < 4.78 is 39.7. The number of ether oxygens (including phenoxy) is 3. The number of ketones is 1. The average molecular weight is 670 g/mol. The van der Waals surface area contributed by atoms with Crippen molar-refractivity contribution in [3.8, 4) is 0 Å². The van der Waals surface area contributed by atoms with Crippen molar-refractivity contribution >= 4 is 45.9 Å². The second-order valence-corrected chi connectivity index (χ2v) is 13.2. The molecular formula is C34H37ClFN3O8. The topological polar surface area (TPSA) is 131 Å². The third-order valence-corrected chi connectivity index (χ3v) is 10.2. The molecule has 11 nitrogen and oxygen atoms in total. The molecule has 47 heavy (non-hydrogen) atoms. The lowest BCUT2D eigenvalue weighted by atomic mass is 9.87. The van der Waals surface area contributed by atoms with E-state index in [0.717, 1.165) is 18.9 Å². The summed E-state index contributed by atoms with van der Waals surface area (Å²) in [6.45, 7) is 2.21. The third-order valence-electron chi connectivity index (χ3n) is 9.92. The summed E-state index contributed by atoms with van der Waals surface area (Å²) >= 11 is 6.59. The van der Waals surface area contributed by atoms with Crippen molar-refractivity contribution in [1.29, 1.82) is 0 Å². The predicted octanol–water partition coefficient (Wildman–Crippen LogP) is 5.06. The Kier molecular flexibility index (Phi) is 9.07. The third kappa shape index (κ3) is 6.18. The number of aliphatic carboxylic acids is 1. The molecule has 3 aromatic rings. The van der Waals surface area contributed by atoms with Crippen LogP contribution in [0.25, 0.3) is 11.0 Å². The summed E-state index contributed by atoms with van der Waals surface area (Å²) in [6, 6.07) is 9.57. The molecule has 4 fully saturated rings. The van der Waals surface area contributed by atoms with E-state index in [1.807, 2.05) is 9.80 Å². The highest BCUT2D eigenvalue weighted by atomic mass is 35.5. The van der Waals surface area contributed by atoms with E-state index in [1.165, 1.54) is 12.3 Å². The molecule has 2 N–H and O–H groups in total. The number of Topliss-reactive ketones (excluding diaryl/α,β-unsaturated/α-hetero) is 1. The maximum Gasteiger partial charge on any atom is 0.306 e. The summed E-state index contributed by atoms with van der Waals surface area (Å²) in [5, 5.41) is 12.9. The lowest BCUT2D eigenvalue weighted by Crippen LogP contribution is -2.68. The monoisotopic (exact) mass is 669 g/mol. The second-order valence-electron chi connectivity index (χ2n) is 12.8. The first-order chi connectivity index (χ1) is 22.7. The SMILES string of the molecule is O=C(Nc1cc(F)c(CC(=O)C(OC2CCC(C(=O)O)CC2)(N2CCCC2)N2C[C@@H]3OCO[C@@H]3C2)cc1Cl)c1coc2ccccc12. The summed E-state index contributed by atoms with van der Waals surface area (Å²) in [6.07, 6.45) is 3.85. The van der Waals surface area contributed by atoms with Gasteiger partial charge < -0.3 is 29.1 Å². The van der Waals surface area contributed by atoms with Gasteiger partial charge in [-0.05, 0) is 62.3 Å². The minimum Gasteiger partial charge on any atom is -0.481 e. The largest absolute Gasteiger partial charge is 0.481 e. The molecule has 0 bridgehead atoms. The first kappa shape index (κ1) is 32.2. The number of rotatable bonds is 10. The Labute approximate surface area is 275 Å². The van der Waals surface area contributed by atoms with Gasteiger partial charge in [-0.2, -0.15) is 0 Å². The Balaban J connectivity index is 1.16. The van der Waals surface area contributed by atoms with Crippen LogP contribution in [-0.4, -0.2) is 89.7 Å². The molecule has 3 aliphatic heterocycles. The highest BCUT2D eigenvalue weighted by molar-refractivity contribution is 6.34. The number of carbonyl (C=O) groups is 3. The van der Waals surface area contributed by atoms with Crippen molar-refractivity contribution < 1.29 is 42.5 Å². The molecule has 1 aromatic heterocycles. The van der Waals surface area contributed by atoms with E-state index >= 15 is 4.39 Å². The van der Waals surface area contributed by atoms with Crippen LogP contribution in [0.5, 0.6) is 0 Å². The Bertz CT molecular complexity index is 1660. The number of nitrogens with zero attached hydrogens (tertiary/aromatic N) is 2. The molecule has 4 heterocycles. The van der Waals surface area contributed by atoms with Gasteiger partial charge in [0.05, 0.1) is 28.3 Å². The molecule has 0 spiro atoms. The van der Waals surface area contributed by atoms with Gasteiger partial charge in [-0.15, -0.1) is 0 Å². The molecule has 3 saturated heterocycles. The standard InChI is InChI=1S/C34H37ClFN3O8/c35-25-13-21(26(36)15-27(25)37-32(41)24-18-44-28-6-2-1-5-23(24)28)14-31(40)34(38-11-3-4-12-38,39-16-29-30(17-39)46-19-45-29)47-22-9-7-20(8-10-22)33(42)43/h1-2,5-6,13,15,18,20,22,29-30H,3-4,7-12,14,16-17,19H2,(H,37,41)(H,42,43)/t20?,22?,29-,30+,34?. The highest BCUT2D eigenvalue weighted by Crippen LogP contribution is 2.39. The maximum atomic E-state index is 15.8. The van der Waals surface area contributed by atoms with Gasteiger partial charge in [-0.1, -0.05) is 29.8 Å². The van der Waals surface area contributed by atoms with Gasteiger partial charge in [-0.3, -0.25) is 24.2 Å². The number of anilines is 1. The van der Waals surface area contributed by atoms with Gasteiger partial charge >= 0.3 is 5.97 Å². The fourth-order valence-corrected chi connectivity index (χ4v) is 7.66. The van der Waals surface area contributed by atoms with Gasteiger partial charge in [0.1, 0.15) is 36.7 Å². The number of nitrogens with one attached hydrogen (secondary N) is 1. The van der Waals surface area contributed by atoms with Crippen LogP contribution in [0, 0.1) is 11.7 Å². The van der Waals surface area contributed by atoms with Gasteiger partial charge in [0.2, 0.25) is 5.85 Å². The van der Waals surface area contributed by atoms with Crippen molar-refractivity contribution in [2.75, 3.05) is 38.3 Å². The number of carbonyl (C=O) groups excluding carboxylic acids is 2. The lowest BCUT2D eigenvalue weighted by Gasteiger charge is -2.48. The van der Waals surface area contributed by atoms with Crippen LogP contribution >= 0.6 is 11.6 Å². The molecule has 7 rings (SSSR count). The summed E-state index contributed by atoms with van der Waals surface area (Å²) in [4.78, 5) is 43.4. The number of halogens is 2. The van der Waals surface area contributed by atoms with E-state index in [1.54, 1.807) is 24.3 Å². The molecular weight excluding hydrogens is 633 g/mol. The van der Waals surface area contributed by atoms with Crippen molar-refractivity contribution in [2.45, 2.75) is 69.1 Å². The zero-order chi connectivity index (χ0) is 32.7. The van der Waals surface area contributed by atoms with E-state index in [0.29, 0.717) is 62.8 Å². The van der Waals surface area contributed by atoms with Crippen LogP contribution < -0.4 is 5.32 Å². The molecule has 2 aromatic carbocycles. The van der Waals surface area contributed by atoms with Crippen molar-refractivity contribution in [3.63, 3.8) is 0 Å². The van der Waals surface area contributed by atoms with Gasteiger partial charge in [-0.25, -0.2) is 4.39 Å². The van der Waals surface area contributed by atoms with Gasteiger partial charge in [0.25, 0.3) is 5.91 Å². The summed E-state index contributed by atoms with van der Waals surface area (Å²) in [5.41, 5.74) is 0.960. The molecule has 0 radical (unpaired) electrons. The van der Waals surface area contributed by atoms with Gasteiger partial charge in [0, 0.05) is 38.0 Å². The number of carboxylic acids is 1. The second kappa shape index (κ2) is 13.3. The van der Waals surface area contributed by atoms with E-state index in [-0.39, 0.29) is 59.1 Å². The fourth-order valence-electron chi connectivity index (χ4n) is 7.42. The first-order valence-electron chi connectivity index (χ1n) is 16.2. The lowest BCUT2D eigenvalue weighted by molar-refractivity contribution is -0.255. The molecule has 3 atom stereocenters. The van der Waals surface area contributed by atoms with Gasteiger partial charge in [0.15, 0.2) is 5.78 Å². The van der Waals surface area contributed by atoms with Crippen molar-refractivity contribution in [1.82, 2.24) is 9.80 Å². The van der Waals surface area contributed by atoms with E-state index in [9.17, 15) is 19.5 Å². The summed E-state index contributed by atoms with van der Waals surface area (Å²) in [5.74, 6) is -4.35. The number of carboxylic acid groups (broad SMARTS) is 1. The van der Waals surface area contributed by atoms with Crippen LogP contribution in [0.1, 0.15) is 54.4 Å². The van der Waals surface area contributed by atoms with Crippen LogP contribution in [0.3, 0.4) is 0 Å². The first-order valence-corrected chi connectivity index (χ1v) is 16.5. The number of hydrogen-bond acceptors (Lipinski definition) is 9. The quantitative estimate of drug-likeness (QED) is 0.302. The number of fused-ring (bicyclic) bond motifs is 2. The molecule has 1 unspecified atom stereocenters. The number of benzene rings is 2. The fraction of sp³-hybridized carbons (Fsp3) is 0.500. The Morgan fingerprint density at radius 2 is 1.72 bits per heavy atom. The van der Waals surface area contributed by atoms with Crippen molar-refractivity contribution in [2.24, 2.45) is 5.92 Å². The van der Waals surface area contributed by atoms with E-state index < -0.39 is 29.5 Å². The molecule has 4 aliphatic rings. The molecule has 250 valence electrons. The normalized spacial score (nSPS) is 26.3. The molecule has 1 aliphatic carbocycles.